The van der Waals surface area contributed by atoms with Crippen molar-refractivity contribution in [2.75, 3.05) is 6.61 Å². The number of pyridine rings is 1. The second-order valence-electron chi connectivity index (χ2n) is 4.33. The van der Waals surface area contributed by atoms with Crippen molar-refractivity contribution < 1.29 is 4.74 Å². The van der Waals surface area contributed by atoms with Crippen molar-refractivity contribution >= 4 is 15.9 Å². The van der Waals surface area contributed by atoms with Crippen LogP contribution in [0.25, 0.3) is 0 Å². The van der Waals surface area contributed by atoms with Gasteiger partial charge in [-0.3, -0.25) is 4.98 Å². The lowest BCUT2D eigenvalue weighted by atomic mass is 10.1. The molecular formula is C14H22BrNO. The van der Waals surface area contributed by atoms with Crippen LogP contribution >= 0.6 is 15.9 Å². The second kappa shape index (κ2) is 9.60. The molecule has 0 unspecified atom stereocenters. The number of aromatic nitrogens is 1. The van der Waals surface area contributed by atoms with Crippen LogP contribution < -0.4 is 0 Å². The van der Waals surface area contributed by atoms with Crippen LogP contribution in [0.4, 0.5) is 0 Å². The number of hydrogen-bond donors (Lipinski definition) is 0. The monoisotopic (exact) mass is 299 g/mol. The highest BCUT2D eigenvalue weighted by molar-refractivity contribution is 9.10. The van der Waals surface area contributed by atoms with Crippen LogP contribution in [0.2, 0.25) is 0 Å². The van der Waals surface area contributed by atoms with Gasteiger partial charge in [0.15, 0.2) is 0 Å². The molecule has 0 atom stereocenters. The molecule has 1 aromatic heterocycles. The Morgan fingerprint density at radius 2 is 1.88 bits per heavy atom. The van der Waals surface area contributed by atoms with Gasteiger partial charge in [-0.1, -0.05) is 39.0 Å². The van der Waals surface area contributed by atoms with E-state index in [1.807, 2.05) is 12.3 Å². The van der Waals surface area contributed by atoms with Crippen LogP contribution in [-0.4, -0.2) is 11.6 Å². The molecule has 1 aromatic rings. The van der Waals surface area contributed by atoms with E-state index in [0.29, 0.717) is 6.61 Å². The van der Waals surface area contributed by atoms with Gasteiger partial charge in [-0.2, -0.15) is 0 Å². The summed E-state index contributed by atoms with van der Waals surface area (Å²) in [6.07, 6.45) is 11.5. The molecule has 1 heterocycles. The quantitative estimate of drug-likeness (QED) is 0.616. The summed E-state index contributed by atoms with van der Waals surface area (Å²) >= 11 is 3.40. The minimum absolute atomic E-state index is 0.668. The Labute approximate surface area is 113 Å². The van der Waals surface area contributed by atoms with Gasteiger partial charge in [-0.25, -0.2) is 0 Å². The molecule has 0 bridgehead atoms. The lowest BCUT2D eigenvalue weighted by Gasteiger charge is -2.04. The molecule has 2 nitrogen and oxygen atoms in total. The van der Waals surface area contributed by atoms with E-state index in [-0.39, 0.29) is 0 Å². The molecule has 0 aromatic carbocycles. The third-order valence-electron chi connectivity index (χ3n) is 2.67. The molecule has 0 aliphatic heterocycles. The average molecular weight is 300 g/mol. The van der Waals surface area contributed by atoms with Gasteiger partial charge in [-0.05, 0) is 34.0 Å². The minimum atomic E-state index is 0.668. The van der Waals surface area contributed by atoms with E-state index in [0.717, 1.165) is 16.6 Å². The zero-order valence-corrected chi connectivity index (χ0v) is 12.2. The maximum atomic E-state index is 5.62. The maximum absolute atomic E-state index is 5.62. The molecule has 0 amide bonds. The molecule has 1 rings (SSSR count). The predicted octanol–water partition coefficient (Wildman–Crippen LogP) is 4.72. The summed E-state index contributed by atoms with van der Waals surface area (Å²) in [7, 11) is 0. The standard InChI is InChI=1S/C14H22BrNO/c1-2-3-4-5-6-7-8-17-12-13-9-14(15)11-16-10-13/h9-11H,2-8,12H2,1H3. The van der Waals surface area contributed by atoms with Gasteiger partial charge in [0.05, 0.1) is 6.61 Å². The van der Waals surface area contributed by atoms with Gasteiger partial charge in [-0.15, -0.1) is 0 Å². The SMILES string of the molecule is CCCCCCCCOCc1cncc(Br)c1. The lowest BCUT2D eigenvalue weighted by molar-refractivity contribution is 0.116. The summed E-state index contributed by atoms with van der Waals surface area (Å²) in [5.41, 5.74) is 1.13. The largest absolute Gasteiger partial charge is 0.377 e. The van der Waals surface area contributed by atoms with Crippen molar-refractivity contribution in [3.8, 4) is 0 Å². The van der Waals surface area contributed by atoms with Crippen molar-refractivity contribution in [2.45, 2.75) is 52.1 Å². The molecule has 0 fully saturated rings. The fourth-order valence-electron chi connectivity index (χ4n) is 1.71. The maximum Gasteiger partial charge on any atom is 0.0732 e. The number of halogens is 1. The lowest BCUT2D eigenvalue weighted by Crippen LogP contribution is -1.96. The number of hydrogen-bond acceptors (Lipinski definition) is 2. The van der Waals surface area contributed by atoms with Crippen molar-refractivity contribution in [3.63, 3.8) is 0 Å². The zero-order chi connectivity index (χ0) is 12.3. The minimum Gasteiger partial charge on any atom is -0.377 e. The highest BCUT2D eigenvalue weighted by Crippen LogP contribution is 2.11. The fourth-order valence-corrected chi connectivity index (χ4v) is 2.12. The van der Waals surface area contributed by atoms with E-state index in [1.54, 1.807) is 6.20 Å². The smallest absolute Gasteiger partial charge is 0.0732 e. The highest BCUT2D eigenvalue weighted by atomic mass is 79.9. The van der Waals surface area contributed by atoms with E-state index < -0.39 is 0 Å². The summed E-state index contributed by atoms with van der Waals surface area (Å²) in [6, 6.07) is 2.05. The summed E-state index contributed by atoms with van der Waals surface area (Å²) in [5, 5.41) is 0. The van der Waals surface area contributed by atoms with Gasteiger partial charge in [0.1, 0.15) is 0 Å². The summed E-state index contributed by atoms with van der Waals surface area (Å²) in [5.74, 6) is 0. The molecule has 17 heavy (non-hydrogen) atoms. The first-order chi connectivity index (χ1) is 8.33. The predicted molar refractivity (Wildman–Crippen MR) is 75.0 cm³/mol. The van der Waals surface area contributed by atoms with Crippen LogP contribution in [-0.2, 0) is 11.3 Å². The second-order valence-corrected chi connectivity index (χ2v) is 5.25. The molecule has 0 aliphatic rings. The third-order valence-corrected chi connectivity index (χ3v) is 3.11. The molecule has 96 valence electrons. The van der Waals surface area contributed by atoms with Crippen molar-refractivity contribution in [3.05, 3.63) is 28.5 Å². The Bertz CT molecular complexity index is 304. The van der Waals surface area contributed by atoms with Crippen LogP contribution in [0.5, 0.6) is 0 Å². The van der Waals surface area contributed by atoms with Gasteiger partial charge in [0.25, 0.3) is 0 Å². The Morgan fingerprint density at radius 1 is 1.12 bits per heavy atom. The van der Waals surface area contributed by atoms with Crippen LogP contribution in [0.15, 0.2) is 22.9 Å². The molecule has 0 spiro atoms. The first kappa shape index (κ1) is 14.7. The summed E-state index contributed by atoms with van der Waals surface area (Å²) in [6.45, 7) is 3.77. The number of unbranched alkanes of at least 4 members (excludes halogenated alkanes) is 5. The highest BCUT2D eigenvalue weighted by Gasteiger charge is 1.95. The number of nitrogens with zero attached hydrogens (tertiary/aromatic N) is 1. The van der Waals surface area contributed by atoms with Gasteiger partial charge < -0.3 is 4.74 Å². The molecule has 0 saturated heterocycles. The first-order valence-corrected chi connectivity index (χ1v) is 7.29. The molecular weight excluding hydrogens is 278 g/mol. The zero-order valence-electron chi connectivity index (χ0n) is 10.6. The van der Waals surface area contributed by atoms with E-state index in [9.17, 15) is 0 Å². The van der Waals surface area contributed by atoms with Gasteiger partial charge in [0.2, 0.25) is 0 Å². The first-order valence-electron chi connectivity index (χ1n) is 6.50. The third kappa shape index (κ3) is 7.50. The van der Waals surface area contributed by atoms with Crippen LogP contribution in [0, 0.1) is 0 Å². The van der Waals surface area contributed by atoms with E-state index in [4.69, 9.17) is 4.74 Å². The summed E-state index contributed by atoms with van der Waals surface area (Å²) in [4.78, 5) is 4.11. The van der Waals surface area contributed by atoms with E-state index in [2.05, 4.69) is 27.8 Å². The van der Waals surface area contributed by atoms with E-state index >= 15 is 0 Å². The van der Waals surface area contributed by atoms with Crippen molar-refractivity contribution in [1.82, 2.24) is 4.98 Å². The number of rotatable bonds is 9. The van der Waals surface area contributed by atoms with Crippen LogP contribution in [0.1, 0.15) is 51.0 Å². The Hall–Kier alpha value is -0.410. The van der Waals surface area contributed by atoms with E-state index in [1.165, 1.54) is 38.5 Å². The van der Waals surface area contributed by atoms with Gasteiger partial charge >= 0.3 is 0 Å². The Balaban J connectivity index is 1.97. The molecule has 0 saturated carbocycles. The number of ether oxygens (including phenoxy) is 1. The van der Waals surface area contributed by atoms with Crippen molar-refractivity contribution in [1.29, 1.82) is 0 Å². The van der Waals surface area contributed by atoms with Crippen molar-refractivity contribution in [2.24, 2.45) is 0 Å². The molecule has 0 aliphatic carbocycles. The van der Waals surface area contributed by atoms with Gasteiger partial charge in [0, 0.05) is 23.5 Å². The molecule has 0 radical (unpaired) electrons. The summed E-state index contributed by atoms with van der Waals surface area (Å²) < 4.78 is 6.63. The Morgan fingerprint density at radius 3 is 2.65 bits per heavy atom. The Kier molecular flexibility index (Phi) is 8.28. The normalized spacial score (nSPS) is 10.7. The van der Waals surface area contributed by atoms with Crippen LogP contribution in [0.3, 0.4) is 0 Å². The average Bonchev–Trinajstić information content (AvgIpc) is 2.33. The fraction of sp³-hybridized carbons (Fsp3) is 0.643. The topological polar surface area (TPSA) is 22.1 Å². The molecule has 0 N–H and O–H groups in total. The molecule has 3 heteroatoms.